The smallest absolute Gasteiger partial charge is 0.323 e. The first-order chi connectivity index (χ1) is 9.26. The van der Waals surface area contributed by atoms with E-state index in [0.717, 1.165) is 26.1 Å². The van der Waals surface area contributed by atoms with E-state index in [1.54, 1.807) is 0 Å². The number of carbonyl (C=O) groups is 1. The summed E-state index contributed by atoms with van der Waals surface area (Å²) in [6, 6.07) is 0.589. The van der Waals surface area contributed by atoms with Crippen LogP contribution in [-0.2, 0) is 9.53 Å². The predicted molar refractivity (Wildman–Crippen MR) is 83.3 cm³/mol. The third-order valence-electron chi connectivity index (χ3n) is 4.23. The number of ether oxygens (including phenoxy) is 1. The molecule has 1 saturated heterocycles. The minimum atomic E-state index is -0.0330. The Balaban J connectivity index is 0.00000200. The summed E-state index contributed by atoms with van der Waals surface area (Å²) in [6.45, 7) is 7.76. The molecule has 2 aliphatic rings. The van der Waals surface area contributed by atoms with Gasteiger partial charge in [0.2, 0.25) is 0 Å². The molecule has 118 valence electrons. The van der Waals surface area contributed by atoms with Crippen molar-refractivity contribution in [1.29, 1.82) is 0 Å². The fourth-order valence-electron chi connectivity index (χ4n) is 3.09. The molecular formula is C15H29ClN2O2. The van der Waals surface area contributed by atoms with Crippen LogP contribution < -0.4 is 5.32 Å². The molecular weight excluding hydrogens is 276 g/mol. The SMILES string of the molecule is CCOC(=O)C(CC)N(CC1CCCNC1)C1CC1.Cl. The Hall–Kier alpha value is -0.320. The van der Waals surface area contributed by atoms with Gasteiger partial charge >= 0.3 is 5.97 Å². The van der Waals surface area contributed by atoms with Crippen LogP contribution in [0.15, 0.2) is 0 Å². The van der Waals surface area contributed by atoms with Crippen LogP contribution in [0.2, 0.25) is 0 Å². The maximum Gasteiger partial charge on any atom is 0.323 e. The second-order valence-corrected chi connectivity index (χ2v) is 5.82. The Kier molecular flexibility index (Phi) is 7.85. The molecule has 0 aromatic rings. The third kappa shape index (κ3) is 4.90. The molecule has 1 N–H and O–H groups in total. The lowest BCUT2D eigenvalue weighted by Gasteiger charge is -2.34. The van der Waals surface area contributed by atoms with E-state index < -0.39 is 0 Å². The highest BCUT2D eigenvalue weighted by Gasteiger charge is 2.38. The largest absolute Gasteiger partial charge is 0.465 e. The average Bonchev–Trinajstić information content (AvgIpc) is 3.24. The zero-order valence-corrected chi connectivity index (χ0v) is 13.6. The maximum atomic E-state index is 12.1. The molecule has 2 fully saturated rings. The molecule has 20 heavy (non-hydrogen) atoms. The van der Waals surface area contributed by atoms with Gasteiger partial charge in [0.15, 0.2) is 0 Å². The minimum Gasteiger partial charge on any atom is -0.465 e. The van der Waals surface area contributed by atoms with Gasteiger partial charge in [-0.3, -0.25) is 9.69 Å². The monoisotopic (exact) mass is 304 g/mol. The van der Waals surface area contributed by atoms with Crippen LogP contribution in [0.3, 0.4) is 0 Å². The van der Waals surface area contributed by atoms with E-state index in [4.69, 9.17) is 4.74 Å². The van der Waals surface area contributed by atoms with Gasteiger partial charge in [0, 0.05) is 12.6 Å². The number of hydrogen-bond acceptors (Lipinski definition) is 4. The van der Waals surface area contributed by atoms with E-state index in [1.807, 2.05) is 6.92 Å². The zero-order chi connectivity index (χ0) is 13.7. The third-order valence-corrected chi connectivity index (χ3v) is 4.23. The Morgan fingerprint density at radius 2 is 2.10 bits per heavy atom. The average molecular weight is 305 g/mol. The van der Waals surface area contributed by atoms with E-state index >= 15 is 0 Å². The van der Waals surface area contributed by atoms with Crippen LogP contribution in [0.4, 0.5) is 0 Å². The summed E-state index contributed by atoms with van der Waals surface area (Å²) in [6.07, 6.45) is 5.90. The Morgan fingerprint density at radius 3 is 2.60 bits per heavy atom. The van der Waals surface area contributed by atoms with Crippen molar-refractivity contribution in [2.75, 3.05) is 26.2 Å². The molecule has 0 aromatic carbocycles. The number of esters is 1. The lowest BCUT2D eigenvalue weighted by Crippen LogP contribution is -2.47. The molecule has 2 unspecified atom stereocenters. The zero-order valence-electron chi connectivity index (χ0n) is 12.8. The second-order valence-electron chi connectivity index (χ2n) is 5.82. The summed E-state index contributed by atoms with van der Waals surface area (Å²) in [5, 5.41) is 3.47. The first kappa shape index (κ1) is 17.7. The van der Waals surface area contributed by atoms with Crippen molar-refractivity contribution in [1.82, 2.24) is 10.2 Å². The quantitative estimate of drug-likeness (QED) is 0.732. The number of nitrogens with zero attached hydrogens (tertiary/aromatic N) is 1. The number of carbonyl (C=O) groups excluding carboxylic acids is 1. The van der Waals surface area contributed by atoms with Crippen molar-refractivity contribution in [3.8, 4) is 0 Å². The molecule has 5 heteroatoms. The molecule has 0 aromatic heterocycles. The van der Waals surface area contributed by atoms with Gasteiger partial charge in [-0.25, -0.2) is 0 Å². The normalized spacial score (nSPS) is 24.1. The molecule has 0 spiro atoms. The Bertz CT molecular complexity index is 292. The molecule has 1 aliphatic carbocycles. The van der Waals surface area contributed by atoms with Gasteiger partial charge in [0.05, 0.1) is 6.61 Å². The summed E-state index contributed by atoms with van der Waals surface area (Å²) in [5.74, 6) is 0.665. The van der Waals surface area contributed by atoms with Crippen LogP contribution in [0.25, 0.3) is 0 Å². The summed E-state index contributed by atoms with van der Waals surface area (Å²) in [5.41, 5.74) is 0. The van der Waals surface area contributed by atoms with E-state index in [9.17, 15) is 4.79 Å². The van der Waals surface area contributed by atoms with Crippen molar-refractivity contribution in [3.63, 3.8) is 0 Å². The molecule has 4 nitrogen and oxygen atoms in total. The lowest BCUT2D eigenvalue weighted by molar-refractivity contribution is -0.150. The molecule has 1 saturated carbocycles. The highest BCUT2D eigenvalue weighted by atomic mass is 35.5. The second kappa shape index (κ2) is 8.85. The molecule has 2 rings (SSSR count). The number of hydrogen-bond donors (Lipinski definition) is 1. The highest BCUT2D eigenvalue weighted by Crippen LogP contribution is 2.31. The Labute approximate surface area is 129 Å². The summed E-state index contributed by atoms with van der Waals surface area (Å²) >= 11 is 0. The minimum absolute atomic E-state index is 0. The first-order valence-corrected chi connectivity index (χ1v) is 7.89. The molecule has 1 aliphatic heterocycles. The van der Waals surface area contributed by atoms with Crippen molar-refractivity contribution in [2.24, 2.45) is 5.92 Å². The first-order valence-electron chi connectivity index (χ1n) is 7.89. The lowest BCUT2D eigenvalue weighted by atomic mass is 9.98. The van der Waals surface area contributed by atoms with Crippen LogP contribution in [0, 0.1) is 5.92 Å². The van der Waals surface area contributed by atoms with Gasteiger partial charge in [-0.05, 0) is 58.0 Å². The van der Waals surface area contributed by atoms with Gasteiger partial charge in [-0.2, -0.15) is 0 Å². The van der Waals surface area contributed by atoms with Crippen molar-refractivity contribution in [3.05, 3.63) is 0 Å². The number of rotatable bonds is 7. The van der Waals surface area contributed by atoms with Crippen LogP contribution in [0.1, 0.15) is 46.0 Å². The topological polar surface area (TPSA) is 41.6 Å². The van der Waals surface area contributed by atoms with Crippen molar-refractivity contribution in [2.45, 2.75) is 58.0 Å². The highest BCUT2D eigenvalue weighted by molar-refractivity contribution is 5.85. The van der Waals surface area contributed by atoms with Crippen molar-refractivity contribution >= 4 is 18.4 Å². The van der Waals surface area contributed by atoms with Gasteiger partial charge in [-0.15, -0.1) is 12.4 Å². The van der Waals surface area contributed by atoms with Gasteiger partial charge < -0.3 is 10.1 Å². The van der Waals surface area contributed by atoms with Crippen LogP contribution in [-0.4, -0.2) is 49.2 Å². The van der Waals surface area contributed by atoms with Crippen molar-refractivity contribution < 1.29 is 9.53 Å². The number of nitrogens with one attached hydrogen (secondary N) is 1. The van der Waals surface area contributed by atoms with E-state index in [2.05, 4.69) is 17.1 Å². The van der Waals surface area contributed by atoms with Gasteiger partial charge in [0.1, 0.15) is 6.04 Å². The maximum absolute atomic E-state index is 12.1. The van der Waals surface area contributed by atoms with E-state index in [0.29, 0.717) is 18.6 Å². The summed E-state index contributed by atoms with van der Waals surface area (Å²) in [4.78, 5) is 14.5. The number of halogens is 1. The van der Waals surface area contributed by atoms with E-state index in [-0.39, 0.29) is 24.4 Å². The molecule has 1 heterocycles. The molecule has 0 amide bonds. The number of piperidine rings is 1. The fraction of sp³-hybridized carbons (Fsp3) is 0.933. The molecule has 0 bridgehead atoms. The fourth-order valence-corrected chi connectivity index (χ4v) is 3.09. The van der Waals surface area contributed by atoms with Crippen LogP contribution >= 0.6 is 12.4 Å². The molecule has 0 radical (unpaired) electrons. The summed E-state index contributed by atoms with van der Waals surface area (Å²) in [7, 11) is 0. The van der Waals surface area contributed by atoms with Crippen LogP contribution in [0.5, 0.6) is 0 Å². The van der Waals surface area contributed by atoms with Gasteiger partial charge in [0.25, 0.3) is 0 Å². The van der Waals surface area contributed by atoms with E-state index in [1.165, 1.54) is 25.7 Å². The Morgan fingerprint density at radius 1 is 1.35 bits per heavy atom. The predicted octanol–water partition coefficient (Wildman–Crippen LogP) is 2.21. The standard InChI is InChI=1S/C15H28N2O2.ClH/c1-3-14(15(18)19-4-2)17(13-7-8-13)11-12-6-5-9-16-10-12;/h12-14,16H,3-11H2,1-2H3;1H. The molecule has 2 atom stereocenters. The summed E-state index contributed by atoms with van der Waals surface area (Å²) < 4.78 is 5.25. The van der Waals surface area contributed by atoms with Gasteiger partial charge in [-0.1, -0.05) is 6.92 Å².